The van der Waals surface area contributed by atoms with Crippen LogP contribution in [0.4, 0.5) is 0 Å². The summed E-state index contributed by atoms with van der Waals surface area (Å²) < 4.78 is 6.30. The van der Waals surface area contributed by atoms with Crippen LogP contribution in [0.1, 0.15) is 17.2 Å². The summed E-state index contributed by atoms with van der Waals surface area (Å²) in [7, 11) is 1.64. The normalized spacial score (nSPS) is 12.5. The minimum atomic E-state index is -0.555. The Hall–Kier alpha value is -1.91. The van der Waals surface area contributed by atoms with E-state index in [0.29, 0.717) is 6.42 Å². The smallest absolute Gasteiger partial charge is 0.119 e. The van der Waals surface area contributed by atoms with Gasteiger partial charge < -0.3 is 9.84 Å². The average Bonchev–Trinajstić information content (AvgIpc) is 2.94. The van der Waals surface area contributed by atoms with Gasteiger partial charge in [-0.15, -0.1) is 11.3 Å². The Kier molecular flexibility index (Phi) is 3.67. The number of hydrogen-bond acceptors (Lipinski definition) is 4. The lowest BCUT2D eigenvalue weighted by Crippen LogP contribution is -2.02. The summed E-state index contributed by atoms with van der Waals surface area (Å²) in [6.07, 6.45) is 1.75. The molecular formula is C16H15NO2S. The van der Waals surface area contributed by atoms with E-state index < -0.39 is 6.10 Å². The van der Waals surface area contributed by atoms with Crippen molar-refractivity contribution in [2.24, 2.45) is 0 Å². The molecule has 0 amide bonds. The monoisotopic (exact) mass is 285 g/mol. The van der Waals surface area contributed by atoms with E-state index in [0.717, 1.165) is 27.1 Å². The van der Waals surface area contributed by atoms with Gasteiger partial charge in [0.1, 0.15) is 5.75 Å². The van der Waals surface area contributed by atoms with Crippen LogP contribution in [0.3, 0.4) is 0 Å². The summed E-state index contributed by atoms with van der Waals surface area (Å²) in [5.41, 5.74) is 2.87. The van der Waals surface area contributed by atoms with Crippen molar-refractivity contribution >= 4 is 21.6 Å². The molecule has 1 atom stereocenters. The summed E-state index contributed by atoms with van der Waals surface area (Å²) in [6, 6.07) is 11.8. The van der Waals surface area contributed by atoms with Crippen LogP contribution in [-0.4, -0.2) is 17.2 Å². The molecule has 0 aliphatic heterocycles. The summed E-state index contributed by atoms with van der Waals surface area (Å²) >= 11 is 1.64. The lowest BCUT2D eigenvalue weighted by molar-refractivity contribution is 0.178. The second-order valence-corrected chi connectivity index (χ2v) is 5.59. The number of hydrogen-bond donors (Lipinski definition) is 1. The maximum absolute atomic E-state index is 10.4. The van der Waals surface area contributed by atoms with E-state index in [4.69, 9.17) is 4.74 Å². The molecule has 3 rings (SSSR count). The predicted octanol–water partition coefficient (Wildman–Crippen LogP) is 3.58. The fraction of sp³-hybridized carbons (Fsp3) is 0.188. The van der Waals surface area contributed by atoms with E-state index in [-0.39, 0.29) is 0 Å². The fourth-order valence-corrected chi connectivity index (χ4v) is 2.97. The third kappa shape index (κ3) is 2.66. The van der Waals surface area contributed by atoms with Crippen LogP contribution in [0.25, 0.3) is 10.2 Å². The number of methoxy groups -OCH3 is 1. The maximum Gasteiger partial charge on any atom is 0.119 e. The minimum Gasteiger partial charge on any atom is -0.497 e. The quantitative estimate of drug-likeness (QED) is 0.796. The molecular weight excluding hydrogens is 270 g/mol. The molecule has 1 aromatic carbocycles. The van der Waals surface area contributed by atoms with Crippen LogP contribution in [0.5, 0.6) is 5.75 Å². The van der Waals surface area contributed by atoms with E-state index in [9.17, 15) is 5.11 Å². The van der Waals surface area contributed by atoms with Gasteiger partial charge in [-0.05, 0) is 35.2 Å². The zero-order valence-electron chi connectivity index (χ0n) is 11.1. The molecule has 3 nitrogen and oxygen atoms in total. The van der Waals surface area contributed by atoms with Gasteiger partial charge in [0.25, 0.3) is 0 Å². The molecule has 2 heterocycles. The Balaban J connectivity index is 1.82. The van der Waals surface area contributed by atoms with Crippen molar-refractivity contribution in [2.75, 3.05) is 7.11 Å². The van der Waals surface area contributed by atoms with Crippen LogP contribution < -0.4 is 4.74 Å². The van der Waals surface area contributed by atoms with Gasteiger partial charge in [-0.3, -0.25) is 4.98 Å². The lowest BCUT2D eigenvalue weighted by Gasteiger charge is -2.11. The van der Waals surface area contributed by atoms with E-state index in [1.165, 1.54) is 0 Å². The molecule has 102 valence electrons. The van der Waals surface area contributed by atoms with Crippen molar-refractivity contribution in [2.45, 2.75) is 12.5 Å². The zero-order chi connectivity index (χ0) is 13.9. The van der Waals surface area contributed by atoms with Gasteiger partial charge in [-0.1, -0.05) is 12.1 Å². The first-order valence-corrected chi connectivity index (χ1v) is 7.28. The number of thiophene rings is 1. The molecule has 2 aromatic heterocycles. The number of benzene rings is 1. The number of ether oxygens (including phenoxy) is 1. The van der Waals surface area contributed by atoms with Crippen LogP contribution >= 0.6 is 11.3 Å². The molecule has 0 radical (unpaired) electrons. The Morgan fingerprint density at radius 3 is 3.05 bits per heavy atom. The topological polar surface area (TPSA) is 42.4 Å². The van der Waals surface area contributed by atoms with Gasteiger partial charge in [0.05, 0.1) is 23.4 Å². The Morgan fingerprint density at radius 1 is 1.30 bits per heavy atom. The van der Waals surface area contributed by atoms with Crippen molar-refractivity contribution in [3.63, 3.8) is 0 Å². The number of fused-ring (bicyclic) bond motifs is 1. The number of aliphatic hydroxyl groups excluding tert-OH is 1. The zero-order valence-corrected chi connectivity index (χ0v) is 11.9. The largest absolute Gasteiger partial charge is 0.497 e. The standard InChI is InChI=1S/C16H15NO2S/c1-19-13-4-2-3-11(7-13)8-15(18)12-9-16-14(17-10-12)5-6-20-16/h2-7,9-10,15,18H,8H2,1H3. The number of aliphatic hydroxyl groups is 1. The molecule has 0 spiro atoms. The van der Waals surface area contributed by atoms with Crippen LogP contribution in [0.2, 0.25) is 0 Å². The molecule has 3 aromatic rings. The highest BCUT2D eigenvalue weighted by atomic mass is 32.1. The molecule has 1 N–H and O–H groups in total. The van der Waals surface area contributed by atoms with E-state index in [2.05, 4.69) is 4.98 Å². The first-order valence-electron chi connectivity index (χ1n) is 6.40. The van der Waals surface area contributed by atoms with Crippen molar-refractivity contribution in [1.82, 2.24) is 4.98 Å². The Bertz CT molecular complexity index is 723. The Labute approximate surface area is 121 Å². The third-order valence-corrected chi connectivity index (χ3v) is 4.12. The second-order valence-electron chi connectivity index (χ2n) is 4.64. The summed E-state index contributed by atoms with van der Waals surface area (Å²) in [6.45, 7) is 0. The first kappa shape index (κ1) is 13.1. The van der Waals surface area contributed by atoms with Gasteiger partial charge >= 0.3 is 0 Å². The number of aromatic nitrogens is 1. The lowest BCUT2D eigenvalue weighted by atomic mass is 10.0. The van der Waals surface area contributed by atoms with Crippen LogP contribution in [-0.2, 0) is 6.42 Å². The van der Waals surface area contributed by atoms with E-state index in [1.807, 2.05) is 41.8 Å². The van der Waals surface area contributed by atoms with Crippen LogP contribution in [0.15, 0.2) is 48.0 Å². The highest BCUT2D eigenvalue weighted by molar-refractivity contribution is 7.17. The average molecular weight is 285 g/mol. The summed E-state index contributed by atoms with van der Waals surface area (Å²) in [5, 5.41) is 12.4. The molecule has 0 fully saturated rings. The van der Waals surface area contributed by atoms with Gasteiger partial charge in [-0.2, -0.15) is 0 Å². The van der Waals surface area contributed by atoms with Crippen molar-refractivity contribution < 1.29 is 9.84 Å². The summed E-state index contributed by atoms with van der Waals surface area (Å²) in [4.78, 5) is 4.36. The fourth-order valence-electron chi connectivity index (χ4n) is 2.18. The SMILES string of the molecule is COc1cccc(CC(O)c2cnc3ccsc3c2)c1. The molecule has 0 aliphatic carbocycles. The predicted molar refractivity (Wildman–Crippen MR) is 81.3 cm³/mol. The Morgan fingerprint density at radius 2 is 2.20 bits per heavy atom. The highest BCUT2D eigenvalue weighted by Gasteiger charge is 2.11. The van der Waals surface area contributed by atoms with E-state index >= 15 is 0 Å². The van der Waals surface area contributed by atoms with Crippen molar-refractivity contribution in [3.05, 3.63) is 59.1 Å². The van der Waals surface area contributed by atoms with Gasteiger partial charge in [0, 0.05) is 18.2 Å². The summed E-state index contributed by atoms with van der Waals surface area (Å²) in [5.74, 6) is 0.807. The number of pyridine rings is 1. The maximum atomic E-state index is 10.4. The van der Waals surface area contributed by atoms with Crippen molar-refractivity contribution in [1.29, 1.82) is 0 Å². The number of nitrogens with zero attached hydrogens (tertiary/aromatic N) is 1. The molecule has 0 saturated heterocycles. The third-order valence-electron chi connectivity index (χ3n) is 3.27. The van der Waals surface area contributed by atoms with Crippen LogP contribution in [0, 0.1) is 0 Å². The minimum absolute atomic E-state index is 0.551. The molecule has 0 saturated carbocycles. The van der Waals surface area contributed by atoms with Gasteiger partial charge in [-0.25, -0.2) is 0 Å². The van der Waals surface area contributed by atoms with Gasteiger partial charge in [0.15, 0.2) is 0 Å². The molecule has 4 heteroatoms. The number of rotatable bonds is 4. The highest BCUT2D eigenvalue weighted by Crippen LogP contribution is 2.25. The molecule has 0 bridgehead atoms. The van der Waals surface area contributed by atoms with Crippen molar-refractivity contribution in [3.8, 4) is 5.75 Å². The second kappa shape index (κ2) is 5.61. The van der Waals surface area contributed by atoms with Gasteiger partial charge in [0.2, 0.25) is 0 Å². The molecule has 20 heavy (non-hydrogen) atoms. The molecule has 0 aliphatic rings. The molecule has 1 unspecified atom stereocenters. The van der Waals surface area contributed by atoms with E-state index in [1.54, 1.807) is 24.6 Å². The first-order chi connectivity index (χ1) is 9.76.